The second-order valence-corrected chi connectivity index (χ2v) is 6.92. The monoisotopic (exact) mass is 439 g/mol. The number of rotatable bonds is 7. The maximum absolute atomic E-state index is 12.4. The third kappa shape index (κ3) is 4.59. The molecule has 0 spiro atoms. The Bertz CT molecular complexity index is 1080. The second-order valence-electron chi connectivity index (χ2n) is 6.92. The van der Waals surface area contributed by atoms with Crippen LogP contribution in [0.15, 0.2) is 48.0 Å². The number of carbonyl (C=O) groups is 3. The first kappa shape index (κ1) is 22.5. The Morgan fingerprint density at radius 3 is 2.12 bits per heavy atom. The van der Waals surface area contributed by atoms with Gasteiger partial charge in [0.25, 0.3) is 17.5 Å². The number of hydrogen-bond acceptors (Lipinski definition) is 7. The van der Waals surface area contributed by atoms with Crippen molar-refractivity contribution in [3.8, 4) is 11.5 Å². The van der Waals surface area contributed by atoms with E-state index in [0.717, 1.165) is 15.4 Å². The van der Waals surface area contributed by atoms with Crippen LogP contribution in [0.3, 0.4) is 0 Å². The third-order valence-corrected chi connectivity index (χ3v) is 4.76. The Kier molecular flexibility index (Phi) is 6.53. The first-order valence-corrected chi connectivity index (χ1v) is 9.67. The number of urea groups is 1. The zero-order valence-corrected chi connectivity index (χ0v) is 17.7. The highest BCUT2D eigenvalue weighted by molar-refractivity contribution is 6.30. The molecule has 2 aromatic rings. The van der Waals surface area contributed by atoms with Crippen LogP contribution in [0.2, 0.25) is 0 Å². The molecule has 1 heterocycles. The molecule has 10 heteroatoms. The number of amides is 4. The van der Waals surface area contributed by atoms with Gasteiger partial charge in [0, 0.05) is 26.2 Å². The van der Waals surface area contributed by atoms with Crippen LogP contribution in [0.1, 0.15) is 18.1 Å². The number of hydrogen-bond donors (Lipinski definition) is 0. The van der Waals surface area contributed by atoms with E-state index in [9.17, 15) is 24.5 Å². The van der Waals surface area contributed by atoms with E-state index in [1.165, 1.54) is 32.3 Å². The molecule has 1 saturated heterocycles. The molecular formula is C22H21N3O7. The van der Waals surface area contributed by atoms with E-state index in [0.29, 0.717) is 23.7 Å². The van der Waals surface area contributed by atoms with E-state index in [4.69, 9.17) is 9.47 Å². The summed E-state index contributed by atoms with van der Waals surface area (Å²) in [4.78, 5) is 48.7. The Morgan fingerprint density at radius 1 is 0.938 bits per heavy atom. The van der Waals surface area contributed by atoms with Crippen LogP contribution >= 0.6 is 0 Å². The standard InChI is InChI=1S/C22H21N3O7/c1-4-31-19-12-15(11-17-20(26)23(2)22(28)24(3)21(17)27)7-10-18(19)32-13-14-5-8-16(9-6-14)25(29)30/h5-12H,4,13H2,1-3H3. The van der Waals surface area contributed by atoms with Crippen molar-refractivity contribution in [2.24, 2.45) is 0 Å². The quantitative estimate of drug-likeness (QED) is 0.281. The number of nitro benzene ring substituents is 1. The van der Waals surface area contributed by atoms with E-state index in [1.807, 2.05) is 0 Å². The molecule has 0 N–H and O–H groups in total. The van der Waals surface area contributed by atoms with Gasteiger partial charge in [-0.25, -0.2) is 4.79 Å². The maximum Gasteiger partial charge on any atom is 0.333 e. The van der Waals surface area contributed by atoms with Gasteiger partial charge in [0.1, 0.15) is 12.2 Å². The fraction of sp³-hybridized carbons (Fsp3) is 0.227. The van der Waals surface area contributed by atoms with Crippen LogP contribution in [0.4, 0.5) is 10.5 Å². The molecule has 0 unspecified atom stereocenters. The highest BCUT2D eigenvalue weighted by Crippen LogP contribution is 2.31. The van der Waals surface area contributed by atoms with Gasteiger partial charge in [-0.15, -0.1) is 0 Å². The third-order valence-electron chi connectivity index (χ3n) is 4.76. The average molecular weight is 439 g/mol. The van der Waals surface area contributed by atoms with Crippen molar-refractivity contribution >= 4 is 29.6 Å². The smallest absolute Gasteiger partial charge is 0.333 e. The fourth-order valence-corrected chi connectivity index (χ4v) is 3.02. The van der Waals surface area contributed by atoms with Gasteiger partial charge in [0.15, 0.2) is 11.5 Å². The molecule has 1 fully saturated rings. The molecule has 2 aromatic carbocycles. The minimum absolute atomic E-state index is 0.00839. The molecule has 1 aliphatic rings. The van der Waals surface area contributed by atoms with E-state index in [1.54, 1.807) is 37.3 Å². The van der Waals surface area contributed by atoms with Crippen molar-refractivity contribution < 1.29 is 28.8 Å². The van der Waals surface area contributed by atoms with Gasteiger partial charge in [-0.05, 0) is 48.4 Å². The Labute approximate surface area is 183 Å². The summed E-state index contributed by atoms with van der Waals surface area (Å²) in [6.45, 7) is 2.31. The first-order valence-electron chi connectivity index (χ1n) is 9.67. The topological polar surface area (TPSA) is 119 Å². The lowest BCUT2D eigenvalue weighted by atomic mass is 10.1. The summed E-state index contributed by atoms with van der Waals surface area (Å²) in [7, 11) is 2.62. The summed E-state index contributed by atoms with van der Waals surface area (Å²) < 4.78 is 11.4. The lowest BCUT2D eigenvalue weighted by Crippen LogP contribution is -2.52. The summed E-state index contributed by atoms with van der Waals surface area (Å²) in [6.07, 6.45) is 1.40. The summed E-state index contributed by atoms with van der Waals surface area (Å²) in [5.74, 6) is -0.542. The molecule has 0 aliphatic carbocycles. The Morgan fingerprint density at radius 2 is 1.56 bits per heavy atom. The molecule has 32 heavy (non-hydrogen) atoms. The average Bonchev–Trinajstić information content (AvgIpc) is 2.79. The van der Waals surface area contributed by atoms with Gasteiger partial charge in [0.2, 0.25) is 0 Å². The van der Waals surface area contributed by atoms with Crippen LogP contribution < -0.4 is 9.47 Å². The van der Waals surface area contributed by atoms with E-state index in [2.05, 4.69) is 0 Å². The largest absolute Gasteiger partial charge is 0.490 e. The van der Waals surface area contributed by atoms with Gasteiger partial charge < -0.3 is 9.47 Å². The Hall–Kier alpha value is -4.21. The number of nitro groups is 1. The highest BCUT2D eigenvalue weighted by atomic mass is 16.6. The first-order chi connectivity index (χ1) is 15.2. The van der Waals surface area contributed by atoms with Crippen molar-refractivity contribution in [2.75, 3.05) is 20.7 Å². The Balaban J connectivity index is 1.83. The highest BCUT2D eigenvalue weighted by Gasteiger charge is 2.37. The minimum atomic E-state index is -0.692. The van der Waals surface area contributed by atoms with Crippen LogP contribution in [-0.4, -0.2) is 53.3 Å². The number of likely N-dealkylation sites (N-methyl/N-ethyl adjacent to an activating group) is 2. The van der Waals surface area contributed by atoms with Crippen molar-refractivity contribution in [1.82, 2.24) is 9.80 Å². The van der Waals surface area contributed by atoms with Gasteiger partial charge in [0.05, 0.1) is 11.5 Å². The predicted octanol–water partition coefficient (Wildman–Crippen LogP) is 3.01. The lowest BCUT2D eigenvalue weighted by Gasteiger charge is -2.28. The molecule has 0 radical (unpaired) electrons. The number of carbonyl (C=O) groups excluding carboxylic acids is 3. The SMILES string of the molecule is CCOc1cc(C=C2C(=O)N(C)C(=O)N(C)C2=O)ccc1OCc1ccc([N+](=O)[O-])cc1. The number of ether oxygens (including phenoxy) is 2. The van der Waals surface area contributed by atoms with Crippen LogP contribution in [0.25, 0.3) is 6.08 Å². The zero-order chi connectivity index (χ0) is 23.4. The number of nitrogens with zero attached hydrogens (tertiary/aromatic N) is 3. The van der Waals surface area contributed by atoms with Crippen molar-refractivity contribution in [3.05, 3.63) is 69.3 Å². The van der Waals surface area contributed by atoms with Crippen molar-refractivity contribution in [1.29, 1.82) is 0 Å². The van der Waals surface area contributed by atoms with E-state index in [-0.39, 0.29) is 17.9 Å². The summed E-state index contributed by atoms with van der Waals surface area (Å²) in [6, 6.07) is 10.2. The minimum Gasteiger partial charge on any atom is -0.490 e. The maximum atomic E-state index is 12.4. The summed E-state index contributed by atoms with van der Waals surface area (Å²) in [5, 5.41) is 10.8. The number of barbiturate groups is 1. The zero-order valence-electron chi connectivity index (χ0n) is 17.7. The predicted molar refractivity (Wildman–Crippen MR) is 114 cm³/mol. The molecule has 166 valence electrons. The van der Waals surface area contributed by atoms with E-state index < -0.39 is 22.8 Å². The molecule has 4 amide bonds. The number of imide groups is 2. The molecule has 0 aromatic heterocycles. The fourth-order valence-electron chi connectivity index (χ4n) is 3.02. The number of non-ortho nitro benzene ring substituents is 1. The molecule has 0 saturated carbocycles. The van der Waals surface area contributed by atoms with Gasteiger partial charge in [-0.1, -0.05) is 6.07 Å². The second kappa shape index (κ2) is 9.29. The molecular weight excluding hydrogens is 418 g/mol. The lowest BCUT2D eigenvalue weighted by molar-refractivity contribution is -0.384. The summed E-state index contributed by atoms with van der Waals surface area (Å²) >= 11 is 0. The molecule has 3 rings (SSSR count). The van der Waals surface area contributed by atoms with Crippen molar-refractivity contribution in [2.45, 2.75) is 13.5 Å². The molecule has 0 atom stereocenters. The molecule has 1 aliphatic heterocycles. The number of benzene rings is 2. The summed E-state index contributed by atoms with van der Waals surface area (Å²) in [5.41, 5.74) is 1.10. The van der Waals surface area contributed by atoms with Gasteiger partial charge >= 0.3 is 6.03 Å². The van der Waals surface area contributed by atoms with Crippen LogP contribution in [-0.2, 0) is 16.2 Å². The van der Waals surface area contributed by atoms with Gasteiger partial charge in [-0.2, -0.15) is 0 Å². The van der Waals surface area contributed by atoms with Crippen LogP contribution in [0, 0.1) is 10.1 Å². The van der Waals surface area contributed by atoms with Gasteiger partial charge in [-0.3, -0.25) is 29.5 Å². The molecule has 10 nitrogen and oxygen atoms in total. The van der Waals surface area contributed by atoms with Crippen LogP contribution in [0.5, 0.6) is 11.5 Å². The van der Waals surface area contributed by atoms with Crippen molar-refractivity contribution in [3.63, 3.8) is 0 Å². The van der Waals surface area contributed by atoms with E-state index >= 15 is 0 Å². The normalized spacial score (nSPS) is 14.0. The molecule has 0 bridgehead atoms.